The first-order chi connectivity index (χ1) is 15.2. The summed E-state index contributed by atoms with van der Waals surface area (Å²) in [5.74, 6) is -2.69. The summed E-state index contributed by atoms with van der Waals surface area (Å²) in [4.78, 5) is 47.8. The van der Waals surface area contributed by atoms with E-state index in [4.69, 9.17) is 15.6 Å². The van der Waals surface area contributed by atoms with Crippen molar-refractivity contribution in [1.29, 1.82) is 0 Å². The van der Waals surface area contributed by atoms with Gasteiger partial charge in [-0.25, -0.2) is 9.59 Å². The van der Waals surface area contributed by atoms with Gasteiger partial charge in [0.2, 0.25) is 11.8 Å². The lowest BCUT2D eigenvalue weighted by atomic mass is 10.0. The molecule has 0 saturated heterocycles. The van der Waals surface area contributed by atoms with Gasteiger partial charge in [0.1, 0.15) is 18.7 Å². The molecular weight excluding hydrogens is 414 g/mol. The van der Waals surface area contributed by atoms with E-state index in [1.807, 2.05) is 18.2 Å². The van der Waals surface area contributed by atoms with Crippen LogP contribution in [0.5, 0.6) is 0 Å². The maximum absolute atomic E-state index is 12.8. The zero-order valence-corrected chi connectivity index (χ0v) is 17.9. The molecule has 2 aromatic rings. The SMILES string of the molecule is CC(C)[C@H](NC(=O)OCc1ccccc1)C(=O)N[C@@H](Cc1ccc(C(=O)O)cc1)C(N)=O. The Balaban J connectivity index is 1.99. The van der Waals surface area contributed by atoms with Gasteiger partial charge in [-0.15, -0.1) is 0 Å². The molecule has 0 heterocycles. The second-order valence-corrected chi connectivity index (χ2v) is 7.60. The molecule has 0 radical (unpaired) electrons. The Morgan fingerprint density at radius 3 is 2.09 bits per heavy atom. The fraction of sp³-hybridized carbons (Fsp3) is 0.304. The highest BCUT2D eigenvalue weighted by Gasteiger charge is 2.28. The van der Waals surface area contributed by atoms with Gasteiger partial charge in [-0.1, -0.05) is 56.3 Å². The Bertz CT molecular complexity index is 944. The zero-order chi connectivity index (χ0) is 23.7. The lowest BCUT2D eigenvalue weighted by molar-refractivity contribution is -0.129. The molecule has 0 spiro atoms. The minimum absolute atomic E-state index is 0.0509. The Morgan fingerprint density at radius 1 is 0.938 bits per heavy atom. The van der Waals surface area contributed by atoms with E-state index in [0.29, 0.717) is 5.56 Å². The van der Waals surface area contributed by atoms with Crippen LogP contribution in [-0.2, 0) is 27.4 Å². The van der Waals surface area contributed by atoms with E-state index in [9.17, 15) is 19.2 Å². The van der Waals surface area contributed by atoms with Gasteiger partial charge in [-0.2, -0.15) is 0 Å². The van der Waals surface area contributed by atoms with Crippen LogP contribution in [0.4, 0.5) is 4.79 Å². The maximum Gasteiger partial charge on any atom is 0.408 e. The number of hydrogen-bond acceptors (Lipinski definition) is 5. The van der Waals surface area contributed by atoms with Crippen molar-refractivity contribution in [2.45, 2.75) is 39.0 Å². The number of hydrogen-bond donors (Lipinski definition) is 4. The first-order valence-corrected chi connectivity index (χ1v) is 10.1. The Morgan fingerprint density at radius 2 is 1.56 bits per heavy atom. The number of rotatable bonds is 10. The molecule has 0 fully saturated rings. The summed E-state index contributed by atoms with van der Waals surface area (Å²) in [6.07, 6.45) is -0.688. The van der Waals surface area contributed by atoms with Gasteiger partial charge in [0, 0.05) is 6.42 Å². The highest BCUT2D eigenvalue weighted by molar-refractivity contribution is 5.91. The van der Waals surface area contributed by atoms with Crippen molar-refractivity contribution >= 4 is 23.9 Å². The van der Waals surface area contributed by atoms with Gasteiger partial charge in [-0.3, -0.25) is 9.59 Å². The van der Waals surface area contributed by atoms with Gasteiger partial charge in [0.05, 0.1) is 5.56 Å². The minimum Gasteiger partial charge on any atom is -0.478 e. The summed E-state index contributed by atoms with van der Waals surface area (Å²) in [7, 11) is 0. The van der Waals surface area contributed by atoms with E-state index in [0.717, 1.165) is 5.56 Å². The molecule has 0 aromatic heterocycles. The monoisotopic (exact) mass is 441 g/mol. The second-order valence-electron chi connectivity index (χ2n) is 7.60. The Kier molecular flexibility index (Phi) is 8.76. The summed E-state index contributed by atoms with van der Waals surface area (Å²) >= 11 is 0. The number of carbonyl (C=O) groups excluding carboxylic acids is 3. The number of alkyl carbamates (subject to hydrolysis) is 1. The van der Waals surface area contributed by atoms with Crippen LogP contribution >= 0.6 is 0 Å². The lowest BCUT2D eigenvalue weighted by Crippen LogP contribution is -2.55. The molecule has 0 bridgehead atoms. The largest absolute Gasteiger partial charge is 0.478 e. The molecule has 9 nitrogen and oxygen atoms in total. The number of primary amides is 1. The first-order valence-electron chi connectivity index (χ1n) is 10.1. The number of nitrogens with one attached hydrogen (secondary N) is 2. The molecule has 0 aliphatic heterocycles. The number of ether oxygens (including phenoxy) is 1. The van der Waals surface area contributed by atoms with E-state index < -0.39 is 36.0 Å². The van der Waals surface area contributed by atoms with E-state index in [1.165, 1.54) is 12.1 Å². The highest BCUT2D eigenvalue weighted by Crippen LogP contribution is 2.09. The van der Waals surface area contributed by atoms with E-state index in [2.05, 4.69) is 10.6 Å². The molecule has 2 aromatic carbocycles. The summed E-state index contributed by atoms with van der Waals surface area (Å²) < 4.78 is 5.17. The summed E-state index contributed by atoms with van der Waals surface area (Å²) in [5, 5.41) is 14.1. The van der Waals surface area contributed by atoms with Crippen LogP contribution in [0.1, 0.15) is 35.3 Å². The minimum atomic E-state index is -1.07. The smallest absolute Gasteiger partial charge is 0.408 e. The van der Waals surface area contributed by atoms with Crippen LogP contribution in [0, 0.1) is 5.92 Å². The molecule has 0 aliphatic rings. The molecule has 0 unspecified atom stereocenters. The number of benzene rings is 2. The van der Waals surface area contributed by atoms with Gasteiger partial charge in [-0.05, 0) is 29.2 Å². The maximum atomic E-state index is 12.8. The number of nitrogens with two attached hydrogens (primary N) is 1. The summed E-state index contributed by atoms with van der Waals surface area (Å²) in [5.41, 5.74) is 6.97. The molecule has 5 N–H and O–H groups in total. The van der Waals surface area contributed by atoms with Gasteiger partial charge in [0.25, 0.3) is 0 Å². The molecule has 0 aliphatic carbocycles. The zero-order valence-electron chi connectivity index (χ0n) is 17.9. The predicted molar refractivity (Wildman–Crippen MR) is 117 cm³/mol. The summed E-state index contributed by atoms with van der Waals surface area (Å²) in [6, 6.07) is 13.0. The normalized spacial score (nSPS) is 12.5. The number of aromatic carboxylic acids is 1. The molecule has 0 saturated carbocycles. The number of carbonyl (C=O) groups is 4. The van der Waals surface area contributed by atoms with Gasteiger partial charge >= 0.3 is 12.1 Å². The third-order valence-electron chi connectivity index (χ3n) is 4.74. The number of amides is 3. The van der Waals surface area contributed by atoms with Crippen LogP contribution in [0.25, 0.3) is 0 Å². The molecule has 9 heteroatoms. The van der Waals surface area contributed by atoms with Gasteiger partial charge in [0.15, 0.2) is 0 Å². The predicted octanol–water partition coefficient (Wildman–Crippen LogP) is 1.85. The van der Waals surface area contributed by atoms with E-state index >= 15 is 0 Å². The number of carboxylic acid groups (broad SMARTS) is 1. The van der Waals surface area contributed by atoms with Gasteiger partial charge < -0.3 is 26.2 Å². The summed E-state index contributed by atoms with van der Waals surface area (Å²) in [6.45, 7) is 3.53. The molecule has 32 heavy (non-hydrogen) atoms. The van der Waals surface area contributed by atoms with E-state index in [1.54, 1.807) is 38.1 Å². The van der Waals surface area contributed by atoms with Crippen LogP contribution in [0.15, 0.2) is 54.6 Å². The van der Waals surface area contributed by atoms with Crippen molar-refractivity contribution in [3.8, 4) is 0 Å². The molecule has 2 atom stereocenters. The van der Waals surface area contributed by atoms with Crippen LogP contribution < -0.4 is 16.4 Å². The second kappa shape index (κ2) is 11.5. The Labute approximate surface area is 185 Å². The fourth-order valence-electron chi connectivity index (χ4n) is 2.93. The number of carboxylic acids is 1. The third-order valence-corrected chi connectivity index (χ3v) is 4.74. The van der Waals surface area contributed by atoms with Crippen LogP contribution in [0.2, 0.25) is 0 Å². The van der Waals surface area contributed by atoms with Crippen molar-refractivity contribution < 1.29 is 29.0 Å². The van der Waals surface area contributed by atoms with E-state index in [-0.39, 0.29) is 24.5 Å². The average molecular weight is 441 g/mol. The quantitative estimate of drug-likeness (QED) is 0.442. The molecular formula is C23H27N3O6. The van der Waals surface area contributed by atoms with Crippen LogP contribution in [-0.4, -0.2) is 41.1 Å². The third kappa shape index (κ3) is 7.42. The topological polar surface area (TPSA) is 148 Å². The fourth-order valence-corrected chi connectivity index (χ4v) is 2.93. The molecule has 3 amide bonds. The van der Waals surface area contributed by atoms with Crippen molar-refractivity contribution in [2.75, 3.05) is 0 Å². The Hall–Kier alpha value is -3.88. The molecule has 2 rings (SSSR count). The molecule has 170 valence electrons. The van der Waals surface area contributed by atoms with Crippen LogP contribution in [0.3, 0.4) is 0 Å². The van der Waals surface area contributed by atoms with Crippen molar-refractivity contribution in [1.82, 2.24) is 10.6 Å². The van der Waals surface area contributed by atoms with Crippen molar-refractivity contribution in [2.24, 2.45) is 11.7 Å². The average Bonchev–Trinajstić information content (AvgIpc) is 2.76. The lowest BCUT2D eigenvalue weighted by Gasteiger charge is -2.24. The first kappa shape index (κ1) is 24.4. The standard InChI is InChI=1S/C23H27N3O6/c1-14(2)19(26-23(31)32-13-16-6-4-3-5-7-16)21(28)25-18(20(24)27)12-15-8-10-17(11-9-15)22(29)30/h3-11,14,18-19H,12-13H2,1-2H3,(H2,24,27)(H,25,28)(H,26,31)(H,29,30)/t18-,19-/m0/s1. The van der Waals surface area contributed by atoms with Crippen molar-refractivity contribution in [3.05, 3.63) is 71.3 Å². The van der Waals surface area contributed by atoms with Crippen molar-refractivity contribution in [3.63, 3.8) is 0 Å². The highest BCUT2D eigenvalue weighted by atomic mass is 16.5.